The Kier molecular flexibility index (Phi) is 2.77. The Morgan fingerprint density at radius 1 is 1.50 bits per heavy atom. The van der Waals surface area contributed by atoms with E-state index in [-0.39, 0.29) is 0 Å². The fraction of sp³-hybridized carbons (Fsp3) is 0.455. The summed E-state index contributed by atoms with van der Waals surface area (Å²) in [5.41, 5.74) is 8.44. The molecule has 0 saturated heterocycles. The van der Waals surface area contributed by atoms with E-state index >= 15 is 0 Å². The molecule has 14 heavy (non-hydrogen) atoms. The number of hydrogen-bond donors (Lipinski definition) is 1. The Bertz CT molecular complexity index is 338. The van der Waals surface area contributed by atoms with E-state index in [1.807, 2.05) is 6.07 Å². The summed E-state index contributed by atoms with van der Waals surface area (Å²) in [7, 11) is 2.11. The van der Waals surface area contributed by atoms with E-state index in [0.29, 0.717) is 6.04 Å². The van der Waals surface area contributed by atoms with Crippen LogP contribution >= 0.6 is 11.6 Å². The molecule has 1 aromatic rings. The van der Waals surface area contributed by atoms with Gasteiger partial charge in [0.15, 0.2) is 0 Å². The van der Waals surface area contributed by atoms with Crippen molar-refractivity contribution in [2.75, 3.05) is 13.6 Å². The average molecular weight is 211 g/mol. The maximum atomic E-state index is 5.95. The van der Waals surface area contributed by atoms with Crippen molar-refractivity contribution < 1.29 is 0 Å². The summed E-state index contributed by atoms with van der Waals surface area (Å²) >= 11 is 5.95. The molecule has 2 rings (SSSR count). The van der Waals surface area contributed by atoms with E-state index < -0.39 is 0 Å². The number of hydrogen-bond acceptors (Lipinski definition) is 2. The Labute approximate surface area is 89.7 Å². The summed E-state index contributed by atoms with van der Waals surface area (Å²) in [6.45, 7) is 1.68. The fourth-order valence-corrected chi connectivity index (χ4v) is 2.21. The second-order valence-corrected chi connectivity index (χ2v) is 4.36. The molecule has 0 saturated carbocycles. The van der Waals surface area contributed by atoms with Crippen LogP contribution in [0.5, 0.6) is 0 Å². The van der Waals surface area contributed by atoms with Crippen LogP contribution in [0.25, 0.3) is 0 Å². The summed E-state index contributed by atoms with van der Waals surface area (Å²) in [6, 6.07) is 6.61. The second kappa shape index (κ2) is 3.89. The first-order valence-corrected chi connectivity index (χ1v) is 5.26. The molecule has 1 aromatic carbocycles. The standard InChI is InChI=1S/C11H15ClN2/c1-14-7-9-4-10(12)3-2-8(9)5-11(14)6-13/h2-4,11H,5-7,13H2,1H3/t11-/m0/s1. The fourth-order valence-electron chi connectivity index (χ4n) is 2.01. The van der Waals surface area contributed by atoms with Crippen molar-refractivity contribution in [3.05, 3.63) is 34.3 Å². The van der Waals surface area contributed by atoms with Gasteiger partial charge >= 0.3 is 0 Å². The van der Waals surface area contributed by atoms with E-state index in [1.54, 1.807) is 0 Å². The minimum absolute atomic E-state index is 0.476. The zero-order valence-electron chi connectivity index (χ0n) is 8.33. The summed E-state index contributed by atoms with van der Waals surface area (Å²) in [5.74, 6) is 0. The van der Waals surface area contributed by atoms with Crippen LogP contribution < -0.4 is 5.73 Å². The quantitative estimate of drug-likeness (QED) is 0.764. The first-order valence-electron chi connectivity index (χ1n) is 4.88. The van der Waals surface area contributed by atoms with Gasteiger partial charge in [0.1, 0.15) is 0 Å². The molecular weight excluding hydrogens is 196 g/mol. The molecule has 1 aliphatic heterocycles. The lowest BCUT2D eigenvalue weighted by Gasteiger charge is -2.33. The second-order valence-electron chi connectivity index (χ2n) is 3.92. The number of nitrogens with zero attached hydrogens (tertiary/aromatic N) is 1. The van der Waals surface area contributed by atoms with Crippen LogP contribution in [-0.4, -0.2) is 24.5 Å². The van der Waals surface area contributed by atoms with Crippen LogP contribution in [0.1, 0.15) is 11.1 Å². The van der Waals surface area contributed by atoms with Crippen molar-refractivity contribution in [2.24, 2.45) is 5.73 Å². The normalized spacial score (nSPS) is 22.1. The molecule has 1 heterocycles. The predicted molar refractivity (Wildman–Crippen MR) is 59.5 cm³/mol. The summed E-state index contributed by atoms with van der Waals surface area (Å²) in [4.78, 5) is 2.29. The minimum atomic E-state index is 0.476. The van der Waals surface area contributed by atoms with Crippen molar-refractivity contribution in [3.8, 4) is 0 Å². The monoisotopic (exact) mass is 210 g/mol. The molecule has 0 bridgehead atoms. The van der Waals surface area contributed by atoms with Gasteiger partial charge in [0.25, 0.3) is 0 Å². The third kappa shape index (κ3) is 1.78. The van der Waals surface area contributed by atoms with Gasteiger partial charge in [0, 0.05) is 24.2 Å². The molecule has 1 atom stereocenters. The Hall–Kier alpha value is -0.570. The molecule has 3 heteroatoms. The van der Waals surface area contributed by atoms with E-state index in [2.05, 4.69) is 24.1 Å². The number of likely N-dealkylation sites (N-methyl/N-ethyl adjacent to an activating group) is 1. The molecule has 0 spiro atoms. The van der Waals surface area contributed by atoms with Crippen molar-refractivity contribution >= 4 is 11.6 Å². The van der Waals surface area contributed by atoms with Crippen LogP contribution in [0.15, 0.2) is 18.2 Å². The van der Waals surface area contributed by atoms with Crippen LogP contribution in [0.2, 0.25) is 5.02 Å². The van der Waals surface area contributed by atoms with Crippen LogP contribution in [0.3, 0.4) is 0 Å². The van der Waals surface area contributed by atoms with Crippen LogP contribution in [0, 0.1) is 0 Å². The highest BCUT2D eigenvalue weighted by Gasteiger charge is 2.21. The van der Waals surface area contributed by atoms with Gasteiger partial charge in [0.05, 0.1) is 0 Å². The van der Waals surface area contributed by atoms with E-state index in [1.165, 1.54) is 11.1 Å². The topological polar surface area (TPSA) is 29.3 Å². The number of benzene rings is 1. The average Bonchev–Trinajstić information content (AvgIpc) is 2.16. The highest BCUT2D eigenvalue weighted by atomic mass is 35.5. The molecule has 76 valence electrons. The summed E-state index contributed by atoms with van der Waals surface area (Å²) in [5, 5.41) is 0.823. The lowest BCUT2D eigenvalue weighted by atomic mass is 9.94. The van der Waals surface area contributed by atoms with Gasteiger partial charge in [-0.05, 0) is 36.7 Å². The molecule has 0 amide bonds. The maximum Gasteiger partial charge on any atom is 0.0409 e. The molecule has 2 nitrogen and oxygen atoms in total. The lowest BCUT2D eigenvalue weighted by molar-refractivity contribution is 0.221. The van der Waals surface area contributed by atoms with Gasteiger partial charge in [-0.1, -0.05) is 17.7 Å². The first kappa shape index (κ1) is 9.97. The molecule has 0 radical (unpaired) electrons. The van der Waals surface area contributed by atoms with Crippen LogP contribution in [-0.2, 0) is 13.0 Å². The predicted octanol–water partition coefficient (Wildman–Crippen LogP) is 1.66. The largest absolute Gasteiger partial charge is 0.329 e. The highest BCUT2D eigenvalue weighted by molar-refractivity contribution is 6.30. The molecular formula is C11H15ClN2. The Morgan fingerprint density at radius 3 is 3.00 bits per heavy atom. The zero-order chi connectivity index (χ0) is 10.1. The summed E-state index contributed by atoms with van der Waals surface area (Å²) < 4.78 is 0. The van der Waals surface area contributed by atoms with Gasteiger partial charge in [-0.25, -0.2) is 0 Å². The molecule has 0 fully saturated rings. The third-order valence-corrected chi connectivity index (χ3v) is 3.17. The zero-order valence-corrected chi connectivity index (χ0v) is 9.09. The van der Waals surface area contributed by atoms with E-state index in [9.17, 15) is 0 Å². The molecule has 0 unspecified atom stereocenters. The van der Waals surface area contributed by atoms with Gasteiger partial charge in [-0.15, -0.1) is 0 Å². The number of nitrogens with two attached hydrogens (primary N) is 1. The SMILES string of the molecule is CN1Cc2cc(Cl)ccc2C[C@H]1CN. The maximum absolute atomic E-state index is 5.95. The van der Waals surface area contributed by atoms with Crippen molar-refractivity contribution in [2.45, 2.75) is 19.0 Å². The van der Waals surface area contributed by atoms with Gasteiger partial charge < -0.3 is 5.73 Å². The summed E-state index contributed by atoms with van der Waals surface area (Å²) in [6.07, 6.45) is 1.04. The molecule has 1 aliphatic rings. The lowest BCUT2D eigenvalue weighted by Crippen LogP contribution is -2.42. The van der Waals surface area contributed by atoms with Gasteiger partial charge in [-0.3, -0.25) is 4.90 Å². The smallest absolute Gasteiger partial charge is 0.0409 e. The third-order valence-electron chi connectivity index (χ3n) is 2.94. The van der Waals surface area contributed by atoms with Gasteiger partial charge in [0.2, 0.25) is 0 Å². The van der Waals surface area contributed by atoms with E-state index in [4.69, 9.17) is 17.3 Å². The Balaban J connectivity index is 2.30. The Morgan fingerprint density at radius 2 is 2.29 bits per heavy atom. The van der Waals surface area contributed by atoms with Crippen molar-refractivity contribution in [3.63, 3.8) is 0 Å². The van der Waals surface area contributed by atoms with Gasteiger partial charge in [-0.2, -0.15) is 0 Å². The minimum Gasteiger partial charge on any atom is -0.329 e. The molecule has 0 aromatic heterocycles. The highest BCUT2D eigenvalue weighted by Crippen LogP contribution is 2.24. The van der Waals surface area contributed by atoms with Crippen molar-refractivity contribution in [1.82, 2.24) is 4.90 Å². The molecule has 2 N–H and O–H groups in total. The number of rotatable bonds is 1. The first-order chi connectivity index (χ1) is 6.70. The van der Waals surface area contributed by atoms with E-state index in [0.717, 1.165) is 24.5 Å². The number of halogens is 1. The van der Waals surface area contributed by atoms with Crippen molar-refractivity contribution in [1.29, 1.82) is 0 Å². The van der Waals surface area contributed by atoms with Crippen LogP contribution in [0.4, 0.5) is 0 Å². The molecule has 0 aliphatic carbocycles. The number of fused-ring (bicyclic) bond motifs is 1.